The zero-order chi connectivity index (χ0) is 15.5. The van der Waals surface area contributed by atoms with Gasteiger partial charge in [0, 0.05) is 32.5 Å². The van der Waals surface area contributed by atoms with Crippen LogP contribution in [0.5, 0.6) is 0 Å². The van der Waals surface area contributed by atoms with Crippen molar-refractivity contribution in [3.05, 3.63) is 24.2 Å². The average Bonchev–Trinajstić information content (AvgIpc) is 2.91. The van der Waals surface area contributed by atoms with Crippen molar-refractivity contribution in [1.29, 1.82) is 0 Å². The van der Waals surface area contributed by atoms with Gasteiger partial charge in [0.1, 0.15) is 5.76 Å². The third kappa shape index (κ3) is 3.20. The fourth-order valence-corrected chi connectivity index (χ4v) is 4.08. The van der Waals surface area contributed by atoms with Crippen LogP contribution in [0.3, 0.4) is 0 Å². The van der Waals surface area contributed by atoms with Gasteiger partial charge in [0.2, 0.25) is 5.91 Å². The van der Waals surface area contributed by atoms with Crippen LogP contribution in [-0.2, 0) is 16.1 Å². The third-order valence-electron chi connectivity index (χ3n) is 5.20. The van der Waals surface area contributed by atoms with Gasteiger partial charge in [0.15, 0.2) is 0 Å². The van der Waals surface area contributed by atoms with Gasteiger partial charge in [0.25, 0.3) is 0 Å². The molecule has 2 aliphatic heterocycles. The minimum atomic E-state index is 0.153. The number of likely N-dealkylation sites (tertiary alicyclic amines) is 2. The number of furan rings is 1. The summed E-state index contributed by atoms with van der Waals surface area (Å²) < 4.78 is 10.9. The van der Waals surface area contributed by atoms with E-state index in [0.29, 0.717) is 17.7 Å². The second-order valence-corrected chi connectivity index (χ2v) is 6.64. The van der Waals surface area contributed by atoms with Crippen molar-refractivity contribution in [2.75, 3.05) is 40.4 Å². The predicted molar refractivity (Wildman–Crippen MR) is 83.2 cm³/mol. The summed E-state index contributed by atoms with van der Waals surface area (Å²) in [5, 5.41) is 0. The summed E-state index contributed by atoms with van der Waals surface area (Å²) in [6.45, 7) is 4.40. The highest BCUT2D eigenvalue weighted by Gasteiger charge is 2.42. The van der Waals surface area contributed by atoms with Crippen molar-refractivity contribution in [3.8, 4) is 0 Å². The van der Waals surface area contributed by atoms with E-state index < -0.39 is 0 Å². The van der Waals surface area contributed by atoms with Crippen molar-refractivity contribution in [1.82, 2.24) is 9.80 Å². The molecule has 1 aromatic rings. The van der Waals surface area contributed by atoms with Gasteiger partial charge >= 0.3 is 0 Å². The quantitative estimate of drug-likeness (QED) is 0.851. The number of hydrogen-bond acceptors (Lipinski definition) is 4. The monoisotopic (exact) mass is 306 g/mol. The molecule has 0 aromatic carbocycles. The van der Waals surface area contributed by atoms with Gasteiger partial charge in [-0.25, -0.2) is 0 Å². The zero-order valence-electron chi connectivity index (χ0n) is 13.5. The molecule has 0 bridgehead atoms. The summed E-state index contributed by atoms with van der Waals surface area (Å²) >= 11 is 0. The number of methoxy groups -OCH3 is 1. The van der Waals surface area contributed by atoms with Gasteiger partial charge in [-0.3, -0.25) is 9.69 Å². The number of carbonyl (C=O) groups excluding carboxylic acids is 1. The van der Waals surface area contributed by atoms with E-state index in [2.05, 4.69) is 4.90 Å². The van der Waals surface area contributed by atoms with Crippen LogP contribution < -0.4 is 0 Å². The Bertz CT molecular complexity index is 488. The van der Waals surface area contributed by atoms with Crippen molar-refractivity contribution in [2.45, 2.75) is 19.4 Å². The average molecular weight is 306 g/mol. The van der Waals surface area contributed by atoms with Gasteiger partial charge < -0.3 is 14.1 Å². The Kier molecular flexibility index (Phi) is 4.84. The number of fused-ring (bicyclic) bond motifs is 1. The maximum absolute atomic E-state index is 12.5. The molecule has 0 N–H and O–H groups in total. The molecule has 0 spiro atoms. The lowest BCUT2D eigenvalue weighted by Crippen LogP contribution is -2.49. The minimum Gasteiger partial charge on any atom is -0.468 e. The van der Waals surface area contributed by atoms with Crippen molar-refractivity contribution >= 4 is 5.91 Å². The largest absolute Gasteiger partial charge is 0.468 e. The topological polar surface area (TPSA) is 45.9 Å². The molecule has 0 aliphatic carbocycles. The van der Waals surface area contributed by atoms with Crippen LogP contribution in [0.25, 0.3) is 0 Å². The summed E-state index contributed by atoms with van der Waals surface area (Å²) in [6.07, 6.45) is 3.73. The third-order valence-corrected chi connectivity index (χ3v) is 5.20. The van der Waals surface area contributed by atoms with Gasteiger partial charge in [-0.1, -0.05) is 0 Å². The Hall–Kier alpha value is -1.33. The van der Waals surface area contributed by atoms with Crippen LogP contribution in [0.1, 0.15) is 18.6 Å². The zero-order valence-corrected chi connectivity index (χ0v) is 13.5. The summed E-state index contributed by atoms with van der Waals surface area (Å²) in [7, 11) is 3.68. The van der Waals surface area contributed by atoms with Crippen LogP contribution in [0.2, 0.25) is 0 Å². The van der Waals surface area contributed by atoms with E-state index in [9.17, 15) is 4.79 Å². The fourth-order valence-electron chi connectivity index (χ4n) is 4.08. The molecule has 0 unspecified atom stereocenters. The first-order valence-electron chi connectivity index (χ1n) is 8.17. The lowest BCUT2D eigenvalue weighted by molar-refractivity contribution is -0.143. The van der Waals surface area contributed by atoms with Gasteiger partial charge in [-0.05, 0) is 44.0 Å². The number of hydrogen-bond donors (Lipinski definition) is 0. The van der Waals surface area contributed by atoms with Crippen LogP contribution in [0.15, 0.2) is 22.8 Å². The van der Waals surface area contributed by atoms with Gasteiger partial charge in [-0.15, -0.1) is 0 Å². The number of ether oxygens (including phenoxy) is 1. The lowest BCUT2D eigenvalue weighted by Gasteiger charge is -2.40. The van der Waals surface area contributed by atoms with Crippen LogP contribution in [0, 0.1) is 17.8 Å². The predicted octanol–water partition coefficient (Wildman–Crippen LogP) is 1.84. The van der Waals surface area contributed by atoms with Crippen molar-refractivity contribution in [2.24, 2.45) is 17.8 Å². The molecule has 2 saturated heterocycles. The van der Waals surface area contributed by atoms with Gasteiger partial charge in [-0.2, -0.15) is 0 Å². The molecule has 0 radical (unpaired) electrons. The molecule has 3 heterocycles. The first-order chi connectivity index (χ1) is 10.7. The standard InChI is InChI=1S/C17H26N2O3/c1-18-10-13(12-21-2)15-5-7-19(8-6-16(15)17(18)20)11-14-4-3-9-22-14/h3-4,9,13,15-16H,5-8,10-12H2,1-2H3/t13-,15+,16+/m0/s1. The van der Waals surface area contributed by atoms with Crippen LogP contribution >= 0.6 is 0 Å². The molecule has 2 fully saturated rings. The second-order valence-electron chi connectivity index (χ2n) is 6.64. The molecule has 1 aromatic heterocycles. The Morgan fingerprint density at radius 3 is 2.91 bits per heavy atom. The Balaban J connectivity index is 1.69. The summed E-state index contributed by atoms with van der Waals surface area (Å²) in [5.41, 5.74) is 0. The molecule has 2 aliphatic rings. The number of carbonyl (C=O) groups is 1. The highest BCUT2D eigenvalue weighted by atomic mass is 16.5. The van der Waals surface area contributed by atoms with E-state index in [-0.39, 0.29) is 5.92 Å². The maximum Gasteiger partial charge on any atom is 0.225 e. The SMILES string of the molecule is COC[C@@H]1CN(C)C(=O)[C@@H]2CCN(Cc3ccco3)CC[C@H]12. The first kappa shape index (κ1) is 15.6. The van der Waals surface area contributed by atoms with Gasteiger partial charge in [0.05, 0.1) is 19.4 Å². The van der Waals surface area contributed by atoms with E-state index in [1.165, 1.54) is 0 Å². The minimum absolute atomic E-state index is 0.153. The Labute approximate surface area is 132 Å². The second kappa shape index (κ2) is 6.84. The molecule has 0 saturated carbocycles. The molecule has 3 atom stereocenters. The number of piperidine rings is 1. The Morgan fingerprint density at radius 1 is 1.36 bits per heavy atom. The molecule has 22 heavy (non-hydrogen) atoms. The smallest absolute Gasteiger partial charge is 0.225 e. The lowest BCUT2D eigenvalue weighted by atomic mass is 9.75. The molecule has 122 valence electrons. The highest BCUT2D eigenvalue weighted by molar-refractivity contribution is 5.79. The summed E-state index contributed by atoms with van der Waals surface area (Å²) in [4.78, 5) is 16.8. The van der Waals surface area contributed by atoms with E-state index in [0.717, 1.165) is 51.4 Å². The van der Waals surface area contributed by atoms with Crippen LogP contribution in [0.4, 0.5) is 0 Å². The molecule has 1 amide bonds. The normalized spacial score (nSPS) is 30.2. The van der Waals surface area contributed by atoms with E-state index in [1.807, 2.05) is 24.1 Å². The number of rotatable bonds is 4. The van der Waals surface area contributed by atoms with E-state index in [4.69, 9.17) is 9.15 Å². The number of amides is 1. The van der Waals surface area contributed by atoms with Crippen molar-refractivity contribution < 1.29 is 13.9 Å². The van der Waals surface area contributed by atoms with E-state index in [1.54, 1.807) is 13.4 Å². The molecule has 3 rings (SSSR count). The van der Waals surface area contributed by atoms with Crippen molar-refractivity contribution in [3.63, 3.8) is 0 Å². The highest BCUT2D eigenvalue weighted by Crippen LogP contribution is 2.36. The first-order valence-corrected chi connectivity index (χ1v) is 8.17. The maximum atomic E-state index is 12.5. The fraction of sp³-hybridized carbons (Fsp3) is 0.706. The molecular weight excluding hydrogens is 280 g/mol. The summed E-state index contributed by atoms with van der Waals surface area (Å²) in [5.74, 6) is 2.38. The number of nitrogens with zero attached hydrogens (tertiary/aromatic N) is 2. The molecular formula is C17H26N2O3. The van der Waals surface area contributed by atoms with E-state index >= 15 is 0 Å². The van der Waals surface area contributed by atoms with Crippen LogP contribution in [-0.4, -0.2) is 56.1 Å². The Morgan fingerprint density at radius 2 is 2.18 bits per heavy atom. The molecule has 5 nitrogen and oxygen atoms in total. The molecule has 5 heteroatoms. The summed E-state index contributed by atoms with van der Waals surface area (Å²) in [6, 6.07) is 3.95.